The van der Waals surface area contributed by atoms with E-state index in [4.69, 9.17) is 5.21 Å². The van der Waals surface area contributed by atoms with Gasteiger partial charge in [-0.2, -0.15) is 0 Å². The molecule has 0 bridgehead atoms. The summed E-state index contributed by atoms with van der Waals surface area (Å²) in [5.41, 5.74) is 1.12. The zero-order chi connectivity index (χ0) is 13.2. The summed E-state index contributed by atoms with van der Waals surface area (Å²) in [4.78, 5) is 23.1. The van der Waals surface area contributed by atoms with Gasteiger partial charge in [0.2, 0.25) is 5.91 Å². The second-order valence-electron chi connectivity index (χ2n) is 4.33. The van der Waals surface area contributed by atoms with Gasteiger partial charge in [0.15, 0.2) is 0 Å². The fraction of sp³-hybridized carbons (Fsp3) is 0.333. The summed E-state index contributed by atoms with van der Waals surface area (Å²) in [6.07, 6.45) is 0.850. The van der Waals surface area contributed by atoms with Gasteiger partial charge in [-0.05, 0) is 30.5 Å². The van der Waals surface area contributed by atoms with Crippen LogP contribution in [0.4, 0.5) is 4.39 Å². The molecule has 0 atom stereocenters. The molecule has 0 heterocycles. The number of carbonyl (C=O) groups is 2. The van der Waals surface area contributed by atoms with Gasteiger partial charge in [-0.3, -0.25) is 14.8 Å². The van der Waals surface area contributed by atoms with E-state index in [0.29, 0.717) is 12.8 Å². The summed E-state index contributed by atoms with van der Waals surface area (Å²) < 4.78 is 12.7. The summed E-state index contributed by atoms with van der Waals surface area (Å²) >= 11 is 0. The molecule has 0 radical (unpaired) electrons. The minimum absolute atomic E-state index is 0.222. The Morgan fingerprint density at radius 1 is 1.22 bits per heavy atom. The van der Waals surface area contributed by atoms with Crippen molar-refractivity contribution in [2.24, 2.45) is 5.41 Å². The van der Waals surface area contributed by atoms with Crippen LogP contribution in [-0.2, 0) is 16.1 Å². The molecule has 0 aliphatic heterocycles. The van der Waals surface area contributed by atoms with Gasteiger partial charge in [-0.15, -0.1) is 0 Å². The zero-order valence-corrected chi connectivity index (χ0v) is 9.57. The van der Waals surface area contributed by atoms with E-state index in [1.807, 2.05) is 0 Å². The Morgan fingerprint density at radius 2 is 1.83 bits per heavy atom. The van der Waals surface area contributed by atoms with Gasteiger partial charge < -0.3 is 5.32 Å². The largest absolute Gasteiger partial charge is 0.351 e. The van der Waals surface area contributed by atoms with Crippen LogP contribution in [0.5, 0.6) is 0 Å². The van der Waals surface area contributed by atoms with Crippen molar-refractivity contribution in [2.75, 3.05) is 0 Å². The molecule has 5 nitrogen and oxygen atoms in total. The number of benzene rings is 1. The number of rotatable bonds is 4. The summed E-state index contributed by atoms with van der Waals surface area (Å²) in [5.74, 6) is -1.44. The molecular formula is C12H13FN2O3. The molecule has 2 rings (SSSR count). The Kier molecular flexibility index (Phi) is 3.29. The first-order valence-corrected chi connectivity index (χ1v) is 5.56. The van der Waals surface area contributed by atoms with Crippen molar-refractivity contribution in [1.82, 2.24) is 10.8 Å². The van der Waals surface area contributed by atoms with Crippen LogP contribution in [0.2, 0.25) is 0 Å². The van der Waals surface area contributed by atoms with E-state index in [0.717, 1.165) is 5.56 Å². The Balaban J connectivity index is 1.93. The third-order valence-electron chi connectivity index (χ3n) is 3.09. The standard InChI is InChI=1S/C12H13FN2O3/c13-9-3-1-8(2-4-9)7-14-10(16)12(5-6-12)11(17)15-18/h1-4,18H,5-7H2,(H,14,16)(H,15,17). The monoisotopic (exact) mass is 252 g/mol. The number of hydrogen-bond acceptors (Lipinski definition) is 3. The molecule has 1 saturated carbocycles. The van der Waals surface area contributed by atoms with Crippen molar-refractivity contribution in [3.05, 3.63) is 35.6 Å². The molecule has 0 aromatic heterocycles. The molecule has 0 unspecified atom stereocenters. The van der Waals surface area contributed by atoms with Gasteiger partial charge >= 0.3 is 0 Å². The van der Waals surface area contributed by atoms with Gasteiger partial charge in [-0.1, -0.05) is 12.1 Å². The van der Waals surface area contributed by atoms with E-state index in [9.17, 15) is 14.0 Å². The smallest absolute Gasteiger partial charge is 0.259 e. The van der Waals surface area contributed by atoms with Crippen LogP contribution in [0.25, 0.3) is 0 Å². The summed E-state index contributed by atoms with van der Waals surface area (Å²) in [7, 11) is 0. The van der Waals surface area contributed by atoms with Crippen molar-refractivity contribution < 1.29 is 19.2 Å². The van der Waals surface area contributed by atoms with Crippen molar-refractivity contribution in [1.29, 1.82) is 0 Å². The summed E-state index contributed by atoms with van der Waals surface area (Å²) in [5, 5.41) is 11.2. The lowest BCUT2D eigenvalue weighted by Crippen LogP contribution is -2.41. The molecule has 3 N–H and O–H groups in total. The van der Waals surface area contributed by atoms with Crippen LogP contribution >= 0.6 is 0 Å². The highest BCUT2D eigenvalue weighted by Crippen LogP contribution is 2.46. The van der Waals surface area contributed by atoms with Crippen LogP contribution < -0.4 is 10.8 Å². The fourth-order valence-corrected chi connectivity index (χ4v) is 1.74. The number of halogens is 1. The van der Waals surface area contributed by atoms with Gasteiger partial charge in [0.1, 0.15) is 11.2 Å². The normalized spacial score (nSPS) is 15.9. The molecule has 1 fully saturated rings. The highest BCUT2D eigenvalue weighted by molar-refractivity contribution is 6.07. The van der Waals surface area contributed by atoms with Crippen molar-refractivity contribution in [3.63, 3.8) is 0 Å². The Hall–Kier alpha value is -1.95. The van der Waals surface area contributed by atoms with Gasteiger partial charge in [0.25, 0.3) is 5.91 Å². The average molecular weight is 252 g/mol. The van der Waals surface area contributed by atoms with Crippen LogP contribution in [0.3, 0.4) is 0 Å². The highest BCUT2D eigenvalue weighted by Gasteiger charge is 2.56. The van der Waals surface area contributed by atoms with E-state index in [1.165, 1.54) is 17.6 Å². The van der Waals surface area contributed by atoms with Crippen LogP contribution in [0.15, 0.2) is 24.3 Å². The molecule has 1 aliphatic rings. The van der Waals surface area contributed by atoms with Gasteiger partial charge in [0, 0.05) is 6.54 Å². The Labute approximate surface area is 103 Å². The Bertz CT molecular complexity index is 469. The fourth-order valence-electron chi connectivity index (χ4n) is 1.74. The van der Waals surface area contributed by atoms with Crippen molar-refractivity contribution in [2.45, 2.75) is 19.4 Å². The van der Waals surface area contributed by atoms with Crippen molar-refractivity contribution >= 4 is 11.8 Å². The molecule has 1 aromatic carbocycles. The topological polar surface area (TPSA) is 78.4 Å². The molecule has 1 aliphatic carbocycles. The quantitative estimate of drug-likeness (QED) is 0.420. The van der Waals surface area contributed by atoms with Crippen LogP contribution in [0.1, 0.15) is 18.4 Å². The van der Waals surface area contributed by atoms with E-state index in [2.05, 4.69) is 5.32 Å². The molecule has 96 valence electrons. The van der Waals surface area contributed by atoms with E-state index in [-0.39, 0.29) is 12.4 Å². The van der Waals surface area contributed by atoms with E-state index < -0.39 is 17.2 Å². The van der Waals surface area contributed by atoms with Gasteiger partial charge in [0.05, 0.1) is 0 Å². The predicted octanol–water partition coefficient (Wildman–Crippen LogP) is 0.727. The summed E-state index contributed by atoms with van der Waals surface area (Å²) in [6, 6.07) is 5.71. The minimum atomic E-state index is -1.13. The molecule has 2 amide bonds. The maximum Gasteiger partial charge on any atom is 0.259 e. The number of hydrogen-bond donors (Lipinski definition) is 3. The summed E-state index contributed by atoms with van der Waals surface area (Å²) in [6.45, 7) is 0.222. The first-order valence-electron chi connectivity index (χ1n) is 5.56. The third-order valence-corrected chi connectivity index (χ3v) is 3.09. The lowest BCUT2D eigenvalue weighted by Gasteiger charge is -2.13. The maximum atomic E-state index is 12.7. The molecule has 0 saturated heterocycles. The molecular weight excluding hydrogens is 239 g/mol. The molecule has 6 heteroatoms. The first-order chi connectivity index (χ1) is 8.58. The predicted molar refractivity (Wildman–Crippen MR) is 59.8 cm³/mol. The molecule has 18 heavy (non-hydrogen) atoms. The van der Waals surface area contributed by atoms with Crippen LogP contribution in [-0.4, -0.2) is 17.0 Å². The Morgan fingerprint density at radius 3 is 2.33 bits per heavy atom. The second-order valence-corrected chi connectivity index (χ2v) is 4.33. The number of nitrogens with one attached hydrogen (secondary N) is 2. The van der Waals surface area contributed by atoms with E-state index >= 15 is 0 Å². The zero-order valence-electron chi connectivity index (χ0n) is 9.57. The average Bonchev–Trinajstić information content (AvgIpc) is 3.18. The highest BCUT2D eigenvalue weighted by atomic mass is 19.1. The van der Waals surface area contributed by atoms with E-state index in [1.54, 1.807) is 12.1 Å². The number of amides is 2. The number of hydroxylamine groups is 1. The second kappa shape index (κ2) is 4.73. The molecule has 1 aromatic rings. The number of carbonyl (C=O) groups excluding carboxylic acids is 2. The SMILES string of the molecule is O=C(NO)C1(C(=O)NCc2ccc(F)cc2)CC1. The van der Waals surface area contributed by atoms with Crippen LogP contribution in [0, 0.1) is 11.2 Å². The molecule has 0 spiro atoms. The lowest BCUT2D eigenvalue weighted by atomic mass is 10.1. The minimum Gasteiger partial charge on any atom is -0.351 e. The van der Waals surface area contributed by atoms with Gasteiger partial charge in [-0.25, -0.2) is 9.87 Å². The maximum absolute atomic E-state index is 12.7. The first kappa shape index (κ1) is 12.5. The third kappa shape index (κ3) is 2.33. The van der Waals surface area contributed by atoms with Crippen molar-refractivity contribution in [3.8, 4) is 0 Å². The lowest BCUT2D eigenvalue weighted by molar-refractivity contribution is -0.142.